The third-order valence-corrected chi connectivity index (χ3v) is 2.71. The SMILES string of the molecule is Cc1ccc(F)cc1NC(=O)C(=O)NCCCOC(C)C. The molecule has 0 bridgehead atoms. The normalized spacial score (nSPS) is 10.5. The minimum Gasteiger partial charge on any atom is -0.379 e. The first-order valence-electron chi connectivity index (χ1n) is 6.87. The molecule has 0 fully saturated rings. The number of carbonyl (C=O) groups is 2. The molecule has 0 aliphatic heterocycles. The number of aryl methyl sites for hydroxylation is 1. The second-order valence-electron chi connectivity index (χ2n) is 4.94. The quantitative estimate of drug-likeness (QED) is 0.623. The predicted molar refractivity (Wildman–Crippen MR) is 78.5 cm³/mol. The highest BCUT2D eigenvalue weighted by Gasteiger charge is 2.14. The maximum atomic E-state index is 13.1. The van der Waals surface area contributed by atoms with E-state index in [-0.39, 0.29) is 6.10 Å². The molecule has 2 amide bonds. The summed E-state index contributed by atoms with van der Waals surface area (Å²) in [6, 6.07) is 4.00. The number of hydrogen-bond donors (Lipinski definition) is 2. The molecule has 2 N–H and O–H groups in total. The van der Waals surface area contributed by atoms with E-state index in [1.165, 1.54) is 18.2 Å². The Morgan fingerprint density at radius 3 is 2.67 bits per heavy atom. The van der Waals surface area contributed by atoms with Crippen LogP contribution in [-0.2, 0) is 14.3 Å². The summed E-state index contributed by atoms with van der Waals surface area (Å²) in [5.41, 5.74) is 0.973. The van der Waals surface area contributed by atoms with Gasteiger partial charge in [-0.05, 0) is 44.9 Å². The molecule has 0 aromatic heterocycles. The van der Waals surface area contributed by atoms with Crippen molar-refractivity contribution in [3.63, 3.8) is 0 Å². The lowest BCUT2D eigenvalue weighted by atomic mass is 10.2. The zero-order chi connectivity index (χ0) is 15.8. The van der Waals surface area contributed by atoms with Gasteiger partial charge in [0.25, 0.3) is 0 Å². The first kappa shape index (κ1) is 17.1. The summed E-state index contributed by atoms with van der Waals surface area (Å²) < 4.78 is 18.4. The fourth-order valence-electron chi connectivity index (χ4n) is 1.58. The minimum absolute atomic E-state index is 0.139. The van der Waals surface area contributed by atoms with E-state index in [0.717, 1.165) is 0 Å². The van der Waals surface area contributed by atoms with E-state index in [9.17, 15) is 14.0 Å². The Hall–Kier alpha value is -1.95. The molecule has 0 saturated carbocycles. The smallest absolute Gasteiger partial charge is 0.313 e. The molecule has 0 aliphatic carbocycles. The van der Waals surface area contributed by atoms with E-state index in [4.69, 9.17) is 4.74 Å². The number of benzene rings is 1. The molecule has 0 unspecified atom stereocenters. The summed E-state index contributed by atoms with van der Waals surface area (Å²) in [6.45, 7) is 6.43. The van der Waals surface area contributed by atoms with Gasteiger partial charge in [0, 0.05) is 18.8 Å². The van der Waals surface area contributed by atoms with Crippen molar-refractivity contribution in [2.24, 2.45) is 0 Å². The lowest BCUT2D eigenvalue weighted by Gasteiger charge is -2.10. The fraction of sp³-hybridized carbons (Fsp3) is 0.467. The van der Waals surface area contributed by atoms with Crippen LogP contribution in [0.25, 0.3) is 0 Å². The Kier molecular flexibility index (Phi) is 6.81. The fourth-order valence-corrected chi connectivity index (χ4v) is 1.58. The van der Waals surface area contributed by atoms with Crippen LogP contribution < -0.4 is 10.6 Å². The van der Waals surface area contributed by atoms with Crippen LogP contribution in [0.5, 0.6) is 0 Å². The van der Waals surface area contributed by atoms with Crippen LogP contribution in [0, 0.1) is 12.7 Å². The van der Waals surface area contributed by atoms with Gasteiger partial charge in [-0.3, -0.25) is 9.59 Å². The second-order valence-corrected chi connectivity index (χ2v) is 4.94. The maximum Gasteiger partial charge on any atom is 0.313 e. The van der Waals surface area contributed by atoms with Crippen molar-refractivity contribution in [2.75, 3.05) is 18.5 Å². The number of anilines is 1. The van der Waals surface area contributed by atoms with Crippen LogP contribution in [-0.4, -0.2) is 31.1 Å². The third kappa shape index (κ3) is 6.35. The number of rotatable bonds is 6. The summed E-state index contributed by atoms with van der Waals surface area (Å²) >= 11 is 0. The van der Waals surface area contributed by atoms with Crippen molar-refractivity contribution < 1.29 is 18.7 Å². The molecule has 0 saturated heterocycles. The van der Waals surface area contributed by atoms with Gasteiger partial charge < -0.3 is 15.4 Å². The van der Waals surface area contributed by atoms with E-state index in [0.29, 0.717) is 30.8 Å². The number of halogens is 1. The summed E-state index contributed by atoms with van der Waals surface area (Å²) in [5, 5.41) is 4.87. The summed E-state index contributed by atoms with van der Waals surface area (Å²) in [6.07, 6.45) is 0.760. The Labute approximate surface area is 123 Å². The van der Waals surface area contributed by atoms with Crippen molar-refractivity contribution in [1.29, 1.82) is 0 Å². The van der Waals surface area contributed by atoms with Crippen molar-refractivity contribution in [3.8, 4) is 0 Å². The third-order valence-electron chi connectivity index (χ3n) is 2.71. The molecule has 1 aromatic carbocycles. The highest BCUT2D eigenvalue weighted by atomic mass is 19.1. The summed E-state index contributed by atoms with van der Waals surface area (Å²) in [5.74, 6) is -2.03. The topological polar surface area (TPSA) is 67.4 Å². The van der Waals surface area contributed by atoms with E-state index in [2.05, 4.69) is 10.6 Å². The molecule has 0 atom stereocenters. The maximum absolute atomic E-state index is 13.1. The highest BCUT2D eigenvalue weighted by molar-refractivity contribution is 6.39. The van der Waals surface area contributed by atoms with E-state index >= 15 is 0 Å². The zero-order valence-electron chi connectivity index (χ0n) is 12.5. The van der Waals surface area contributed by atoms with E-state index in [1.807, 2.05) is 13.8 Å². The van der Waals surface area contributed by atoms with Crippen LogP contribution in [0.4, 0.5) is 10.1 Å². The summed E-state index contributed by atoms with van der Waals surface area (Å²) in [7, 11) is 0. The first-order valence-corrected chi connectivity index (χ1v) is 6.87. The van der Waals surface area contributed by atoms with Gasteiger partial charge in [-0.25, -0.2) is 4.39 Å². The number of nitrogens with one attached hydrogen (secondary N) is 2. The van der Waals surface area contributed by atoms with Gasteiger partial charge in [0.15, 0.2) is 0 Å². The number of amides is 2. The van der Waals surface area contributed by atoms with Crippen molar-refractivity contribution in [2.45, 2.75) is 33.3 Å². The van der Waals surface area contributed by atoms with Crippen molar-refractivity contribution >= 4 is 17.5 Å². The molecule has 6 heteroatoms. The van der Waals surface area contributed by atoms with Crippen LogP contribution in [0.3, 0.4) is 0 Å². The molecular formula is C15H21FN2O3. The molecule has 0 heterocycles. The van der Waals surface area contributed by atoms with Gasteiger partial charge in [-0.1, -0.05) is 6.07 Å². The highest BCUT2D eigenvalue weighted by Crippen LogP contribution is 2.15. The Bertz CT molecular complexity index is 504. The minimum atomic E-state index is -0.812. The number of ether oxygens (including phenoxy) is 1. The monoisotopic (exact) mass is 296 g/mol. The molecular weight excluding hydrogens is 275 g/mol. The second kappa shape index (κ2) is 8.36. The van der Waals surface area contributed by atoms with Gasteiger partial charge in [-0.15, -0.1) is 0 Å². The number of carbonyl (C=O) groups excluding carboxylic acids is 2. The van der Waals surface area contributed by atoms with Gasteiger partial charge >= 0.3 is 11.8 Å². The molecule has 116 valence electrons. The summed E-state index contributed by atoms with van der Waals surface area (Å²) in [4.78, 5) is 23.3. The average molecular weight is 296 g/mol. The van der Waals surface area contributed by atoms with Crippen LogP contribution in [0.1, 0.15) is 25.8 Å². The van der Waals surface area contributed by atoms with Crippen molar-refractivity contribution in [3.05, 3.63) is 29.6 Å². The van der Waals surface area contributed by atoms with E-state index in [1.54, 1.807) is 6.92 Å². The molecule has 1 rings (SSSR count). The Morgan fingerprint density at radius 1 is 1.29 bits per heavy atom. The predicted octanol–water partition coefficient (Wildman–Crippen LogP) is 2.00. The lowest BCUT2D eigenvalue weighted by Crippen LogP contribution is -2.36. The standard InChI is InChI=1S/C15H21FN2O3/c1-10(2)21-8-4-7-17-14(19)15(20)18-13-9-12(16)6-5-11(13)3/h5-6,9-10H,4,7-8H2,1-3H3,(H,17,19)(H,18,20). The molecule has 1 aromatic rings. The molecule has 0 aliphatic rings. The van der Waals surface area contributed by atoms with Gasteiger partial charge in [0.2, 0.25) is 0 Å². The Morgan fingerprint density at radius 2 is 2.00 bits per heavy atom. The molecule has 0 spiro atoms. The zero-order valence-corrected chi connectivity index (χ0v) is 12.5. The largest absolute Gasteiger partial charge is 0.379 e. The van der Waals surface area contributed by atoms with Crippen LogP contribution in [0.2, 0.25) is 0 Å². The van der Waals surface area contributed by atoms with Crippen LogP contribution in [0.15, 0.2) is 18.2 Å². The van der Waals surface area contributed by atoms with E-state index < -0.39 is 17.6 Å². The van der Waals surface area contributed by atoms with Gasteiger partial charge in [0.1, 0.15) is 5.82 Å². The molecule has 21 heavy (non-hydrogen) atoms. The van der Waals surface area contributed by atoms with Crippen molar-refractivity contribution in [1.82, 2.24) is 5.32 Å². The Balaban J connectivity index is 2.37. The van der Waals surface area contributed by atoms with Gasteiger partial charge in [0.05, 0.1) is 6.10 Å². The number of hydrogen-bond acceptors (Lipinski definition) is 3. The molecule has 0 radical (unpaired) electrons. The van der Waals surface area contributed by atoms with Gasteiger partial charge in [-0.2, -0.15) is 0 Å². The molecule has 5 nitrogen and oxygen atoms in total. The average Bonchev–Trinajstić information content (AvgIpc) is 2.41. The van der Waals surface area contributed by atoms with Crippen LogP contribution >= 0.6 is 0 Å². The first-order chi connectivity index (χ1) is 9.90. The lowest BCUT2D eigenvalue weighted by molar-refractivity contribution is -0.136.